The summed E-state index contributed by atoms with van der Waals surface area (Å²) in [5, 5.41) is 15.7. The van der Waals surface area contributed by atoms with Gasteiger partial charge < -0.3 is 24.8 Å². The van der Waals surface area contributed by atoms with E-state index in [2.05, 4.69) is 45.8 Å². The number of anilines is 2. The standard InChI is InChI=1S/C27H25F3N8O5/c28-27(29,30)43-18-3-1-17(2-4-18)33-26(40)35-25-34-21-6-5-19(15-22(21)36-37-25)42-20-7-8-31-23(16-20)24(39)32-9-10-38-11-13-41-14-12-38/h1-8,15-16H,9-14H2,(H,32,39)(H2,33,34,35,37,40). The van der Waals surface area contributed by atoms with E-state index < -0.39 is 18.1 Å². The number of morpholine rings is 1. The SMILES string of the molecule is O=C(Nc1ccc(OC(F)(F)F)cc1)Nc1nnc2cc(Oc3ccnc(C(=O)NCCN4CCOCC4)c3)ccc2n1. The molecule has 0 radical (unpaired) electrons. The van der Waals surface area contributed by atoms with Gasteiger partial charge >= 0.3 is 12.4 Å². The molecule has 1 aliphatic rings. The van der Waals surface area contributed by atoms with E-state index >= 15 is 0 Å². The van der Waals surface area contributed by atoms with Gasteiger partial charge in [0.2, 0.25) is 0 Å². The van der Waals surface area contributed by atoms with E-state index in [-0.39, 0.29) is 23.2 Å². The molecular weight excluding hydrogens is 573 g/mol. The first-order chi connectivity index (χ1) is 20.7. The zero-order valence-corrected chi connectivity index (χ0v) is 22.4. The highest BCUT2D eigenvalue weighted by molar-refractivity contribution is 5.99. The lowest BCUT2D eigenvalue weighted by molar-refractivity contribution is -0.274. The van der Waals surface area contributed by atoms with E-state index in [0.29, 0.717) is 42.3 Å². The lowest BCUT2D eigenvalue weighted by Crippen LogP contribution is -2.41. The summed E-state index contributed by atoms with van der Waals surface area (Å²) in [6.45, 7) is 4.25. The first-order valence-electron chi connectivity index (χ1n) is 13.0. The number of nitrogens with zero attached hydrogens (tertiary/aromatic N) is 5. The van der Waals surface area contributed by atoms with Crippen LogP contribution < -0.4 is 25.4 Å². The fourth-order valence-corrected chi connectivity index (χ4v) is 4.01. The largest absolute Gasteiger partial charge is 0.573 e. The van der Waals surface area contributed by atoms with Gasteiger partial charge in [-0.3, -0.25) is 20.0 Å². The Bertz CT molecular complexity index is 1580. The van der Waals surface area contributed by atoms with Crippen LogP contribution in [0, 0.1) is 0 Å². The molecule has 13 nitrogen and oxygen atoms in total. The van der Waals surface area contributed by atoms with Crippen molar-refractivity contribution in [3.05, 3.63) is 66.5 Å². The fourth-order valence-electron chi connectivity index (χ4n) is 4.01. The Morgan fingerprint density at radius 1 is 0.907 bits per heavy atom. The summed E-state index contributed by atoms with van der Waals surface area (Å²) in [5.74, 6) is -0.0433. The molecular formula is C27H25F3N8O5. The van der Waals surface area contributed by atoms with Gasteiger partial charge in [-0.1, -0.05) is 0 Å². The maximum Gasteiger partial charge on any atom is 0.573 e. The lowest BCUT2D eigenvalue weighted by atomic mass is 10.3. The number of fused-ring (bicyclic) bond motifs is 1. The zero-order chi connectivity index (χ0) is 30.2. The van der Waals surface area contributed by atoms with Gasteiger partial charge in [0.15, 0.2) is 0 Å². The number of benzene rings is 2. The van der Waals surface area contributed by atoms with Gasteiger partial charge in [-0.05, 0) is 42.5 Å². The van der Waals surface area contributed by atoms with Gasteiger partial charge in [-0.25, -0.2) is 9.78 Å². The molecule has 224 valence electrons. The normalized spacial score (nSPS) is 13.7. The number of hydrogen-bond acceptors (Lipinski definition) is 10. The minimum Gasteiger partial charge on any atom is -0.457 e. The van der Waals surface area contributed by atoms with Crippen molar-refractivity contribution in [2.45, 2.75) is 6.36 Å². The second-order valence-electron chi connectivity index (χ2n) is 9.13. The van der Waals surface area contributed by atoms with Crippen LogP contribution in [0.2, 0.25) is 0 Å². The van der Waals surface area contributed by atoms with Crippen molar-refractivity contribution < 1.29 is 37.0 Å². The number of amides is 3. The molecule has 4 aromatic rings. The minimum atomic E-state index is -4.82. The van der Waals surface area contributed by atoms with Crippen LogP contribution in [0.15, 0.2) is 60.8 Å². The minimum absolute atomic E-state index is 0.103. The zero-order valence-electron chi connectivity index (χ0n) is 22.4. The summed E-state index contributed by atoms with van der Waals surface area (Å²) in [7, 11) is 0. The maximum atomic E-state index is 12.6. The molecule has 3 N–H and O–H groups in total. The molecule has 1 saturated heterocycles. The smallest absolute Gasteiger partial charge is 0.457 e. The molecule has 0 aliphatic carbocycles. The number of ether oxygens (including phenoxy) is 3. The van der Waals surface area contributed by atoms with E-state index in [1.165, 1.54) is 24.4 Å². The van der Waals surface area contributed by atoms with Crippen LogP contribution in [0.3, 0.4) is 0 Å². The number of carbonyl (C=O) groups is 2. The molecule has 3 amide bonds. The fraction of sp³-hybridized carbons (Fsp3) is 0.259. The summed E-state index contributed by atoms with van der Waals surface area (Å²) < 4.78 is 51.9. The van der Waals surface area contributed by atoms with Crippen molar-refractivity contribution in [1.29, 1.82) is 0 Å². The molecule has 0 atom stereocenters. The Kier molecular flexibility index (Phi) is 9.07. The summed E-state index contributed by atoms with van der Waals surface area (Å²) in [6.07, 6.45) is -3.34. The number of carbonyl (C=O) groups excluding carboxylic acids is 2. The molecule has 16 heteroatoms. The van der Waals surface area contributed by atoms with Crippen molar-refractivity contribution >= 4 is 34.6 Å². The summed E-state index contributed by atoms with van der Waals surface area (Å²) in [4.78, 5) is 35.4. The van der Waals surface area contributed by atoms with E-state index in [9.17, 15) is 22.8 Å². The topological polar surface area (TPSA) is 153 Å². The van der Waals surface area contributed by atoms with Crippen LogP contribution in [0.5, 0.6) is 17.2 Å². The monoisotopic (exact) mass is 598 g/mol. The van der Waals surface area contributed by atoms with Crippen molar-refractivity contribution in [3.63, 3.8) is 0 Å². The molecule has 0 bridgehead atoms. The number of aromatic nitrogens is 4. The number of rotatable bonds is 9. The van der Waals surface area contributed by atoms with Gasteiger partial charge in [0.05, 0.1) is 18.7 Å². The molecule has 2 aromatic heterocycles. The second kappa shape index (κ2) is 13.3. The van der Waals surface area contributed by atoms with Crippen LogP contribution in [0.4, 0.5) is 29.6 Å². The van der Waals surface area contributed by atoms with Crippen molar-refractivity contribution in [2.75, 3.05) is 50.0 Å². The summed E-state index contributed by atoms with van der Waals surface area (Å²) in [6, 6.07) is 11.9. The number of urea groups is 1. The number of halogens is 3. The first kappa shape index (κ1) is 29.4. The summed E-state index contributed by atoms with van der Waals surface area (Å²) in [5.41, 5.74) is 1.20. The molecule has 0 saturated carbocycles. The Morgan fingerprint density at radius 3 is 2.42 bits per heavy atom. The molecule has 1 aliphatic heterocycles. The highest BCUT2D eigenvalue weighted by atomic mass is 19.4. The quantitative estimate of drug-likeness (QED) is 0.259. The first-order valence-corrected chi connectivity index (χ1v) is 13.0. The molecule has 3 heterocycles. The molecule has 43 heavy (non-hydrogen) atoms. The predicted octanol–water partition coefficient (Wildman–Crippen LogP) is 3.82. The lowest BCUT2D eigenvalue weighted by Gasteiger charge is -2.26. The Balaban J connectivity index is 1.15. The van der Waals surface area contributed by atoms with Gasteiger partial charge in [0.25, 0.3) is 11.9 Å². The van der Waals surface area contributed by atoms with Gasteiger partial charge in [-0.2, -0.15) is 0 Å². The Hall–Kier alpha value is -5.09. The van der Waals surface area contributed by atoms with Gasteiger partial charge in [0.1, 0.15) is 28.5 Å². The van der Waals surface area contributed by atoms with Gasteiger partial charge in [-0.15, -0.1) is 23.4 Å². The van der Waals surface area contributed by atoms with E-state index in [1.54, 1.807) is 24.3 Å². The van der Waals surface area contributed by atoms with Crippen molar-refractivity contribution in [3.8, 4) is 17.2 Å². The van der Waals surface area contributed by atoms with Crippen LogP contribution in [0.1, 0.15) is 10.5 Å². The van der Waals surface area contributed by atoms with Crippen molar-refractivity contribution in [2.24, 2.45) is 0 Å². The predicted molar refractivity (Wildman–Crippen MR) is 147 cm³/mol. The van der Waals surface area contributed by atoms with Crippen LogP contribution >= 0.6 is 0 Å². The maximum absolute atomic E-state index is 12.6. The van der Waals surface area contributed by atoms with Crippen LogP contribution in [0.25, 0.3) is 11.0 Å². The Morgan fingerprint density at radius 2 is 1.65 bits per heavy atom. The van der Waals surface area contributed by atoms with Gasteiger partial charge in [0, 0.05) is 50.2 Å². The van der Waals surface area contributed by atoms with Crippen molar-refractivity contribution in [1.82, 2.24) is 30.4 Å². The third kappa shape index (κ3) is 8.70. The third-order valence-corrected chi connectivity index (χ3v) is 6.01. The molecule has 1 fully saturated rings. The number of pyridine rings is 1. The molecule has 0 unspecified atom stereocenters. The number of alkyl halides is 3. The third-order valence-electron chi connectivity index (χ3n) is 6.01. The van der Waals surface area contributed by atoms with Crippen LogP contribution in [-0.4, -0.2) is 82.8 Å². The second-order valence-corrected chi connectivity index (χ2v) is 9.13. The average molecular weight is 599 g/mol. The molecule has 0 spiro atoms. The summed E-state index contributed by atoms with van der Waals surface area (Å²) >= 11 is 0. The Labute approximate surface area is 242 Å². The highest BCUT2D eigenvalue weighted by Gasteiger charge is 2.31. The number of nitrogens with one attached hydrogen (secondary N) is 3. The van der Waals surface area contributed by atoms with Crippen LogP contribution in [-0.2, 0) is 4.74 Å². The number of hydrogen-bond donors (Lipinski definition) is 3. The van der Waals surface area contributed by atoms with E-state index in [0.717, 1.165) is 31.8 Å². The highest BCUT2D eigenvalue weighted by Crippen LogP contribution is 2.26. The van der Waals surface area contributed by atoms with E-state index in [1.807, 2.05) is 0 Å². The average Bonchev–Trinajstić information content (AvgIpc) is 2.98. The molecule has 2 aromatic carbocycles. The van der Waals surface area contributed by atoms with E-state index in [4.69, 9.17) is 9.47 Å². The molecule has 5 rings (SSSR count).